The molecule has 4 nitrogen and oxygen atoms in total. The van der Waals surface area contributed by atoms with E-state index < -0.39 is 8.07 Å². The highest BCUT2D eigenvalue weighted by molar-refractivity contribution is 7.17. The molecule has 2 heterocycles. The number of hydrogen-bond acceptors (Lipinski definition) is 4. The molecule has 0 bridgehead atoms. The molecule has 0 fully saturated rings. The summed E-state index contributed by atoms with van der Waals surface area (Å²) in [5, 5.41) is 5.20. The first kappa shape index (κ1) is 29.7. The fourth-order valence-corrected chi connectivity index (χ4v) is 12.4. The van der Waals surface area contributed by atoms with Crippen LogP contribution in [0.1, 0.15) is 0 Å². The van der Waals surface area contributed by atoms with Crippen LogP contribution in [0, 0.1) is 0 Å². The molecule has 6 aromatic carbocycles. The van der Waals surface area contributed by atoms with E-state index in [0.717, 1.165) is 33.6 Å². The molecule has 1 atom stereocenters. The Labute approximate surface area is 292 Å². The number of para-hydroxylation sites is 1. The number of ether oxygens (including phenoxy) is 1. The summed E-state index contributed by atoms with van der Waals surface area (Å²) in [6, 6.07) is 57.2. The predicted molar refractivity (Wildman–Crippen MR) is 204 cm³/mol. The standard InChI is InChI=1S/C45H31N3OSi/c1-5-17-32(18-6-1)43-46-44(33-19-7-2-8-20-33)48-45(47-43)35-22-15-21-34(31-35)38-27-16-30-41-42(38)49-39-28-13-14-29-40(39)50(41,36-23-9-3-10-24-36)37-25-11-4-12-26-37/h1-12,14-31,39H. The van der Waals surface area contributed by atoms with E-state index in [2.05, 4.69) is 121 Å². The number of allylic oxidation sites excluding steroid dienone is 1. The van der Waals surface area contributed by atoms with Gasteiger partial charge in [0.25, 0.3) is 0 Å². The topological polar surface area (TPSA) is 47.9 Å². The molecule has 5 heteroatoms. The third kappa shape index (κ3) is 5.05. The highest BCUT2D eigenvalue weighted by Crippen LogP contribution is 2.40. The molecular weight excluding hydrogens is 627 g/mol. The lowest BCUT2D eigenvalue weighted by Crippen LogP contribution is -2.72. The third-order valence-electron chi connectivity index (χ3n) is 9.55. The molecule has 1 unspecified atom stereocenters. The Morgan fingerprint density at radius 3 is 1.60 bits per heavy atom. The van der Waals surface area contributed by atoms with Crippen molar-refractivity contribution in [3.63, 3.8) is 0 Å². The Morgan fingerprint density at radius 1 is 0.500 bits per heavy atom. The second-order valence-corrected chi connectivity index (χ2v) is 16.2. The van der Waals surface area contributed by atoms with Crippen LogP contribution in [0.2, 0.25) is 0 Å². The smallest absolute Gasteiger partial charge is 0.184 e. The minimum atomic E-state index is -2.75. The van der Waals surface area contributed by atoms with Crippen molar-refractivity contribution in [1.82, 2.24) is 15.0 Å². The summed E-state index contributed by atoms with van der Waals surface area (Å²) in [7, 11) is -2.75. The molecule has 0 saturated carbocycles. The second kappa shape index (κ2) is 12.6. The molecule has 0 spiro atoms. The van der Waals surface area contributed by atoms with E-state index in [1.807, 2.05) is 66.7 Å². The summed E-state index contributed by atoms with van der Waals surface area (Å²) in [4.78, 5) is 14.9. The van der Waals surface area contributed by atoms with Gasteiger partial charge in [0.1, 0.15) is 11.9 Å². The summed E-state index contributed by atoms with van der Waals surface area (Å²) in [6.45, 7) is 0. The van der Waals surface area contributed by atoms with Crippen LogP contribution < -0.4 is 20.3 Å². The minimum Gasteiger partial charge on any atom is -0.481 e. The summed E-state index contributed by atoms with van der Waals surface area (Å²) >= 11 is 0. The van der Waals surface area contributed by atoms with Gasteiger partial charge in [-0.15, -0.1) is 5.73 Å². The van der Waals surface area contributed by atoms with Gasteiger partial charge in [-0.05, 0) is 38.5 Å². The molecular formula is C45H31N3OSi. The fourth-order valence-electron chi connectivity index (χ4n) is 7.32. The van der Waals surface area contributed by atoms with Crippen LogP contribution in [0.4, 0.5) is 0 Å². The molecule has 0 saturated heterocycles. The molecule has 0 N–H and O–H groups in total. The van der Waals surface area contributed by atoms with Crippen LogP contribution >= 0.6 is 0 Å². The molecule has 7 aromatic rings. The van der Waals surface area contributed by atoms with Crippen LogP contribution in [0.5, 0.6) is 5.75 Å². The molecule has 236 valence electrons. The van der Waals surface area contributed by atoms with Gasteiger partial charge in [0, 0.05) is 28.3 Å². The monoisotopic (exact) mass is 657 g/mol. The summed E-state index contributed by atoms with van der Waals surface area (Å²) < 4.78 is 7.01. The Morgan fingerprint density at radius 2 is 1.00 bits per heavy atom. The van der Waals surface area contributed by atoms with Crippen molar-refractivity contribution in [3.8, 4) is 51.0 Å². The Bertz CT molecular complexity index is 2340. The SMILES string of the molecule is C1=CC=C2C(C=1)Oc1c(-c3cccc(-c4nc(-c5ccccc5)nc(-c5ccccc5)n4)c3)cccc1[Si]2(c1ccccc1)c1ccccc1. The Hall–Kier alpha value is -6.39. The van der Waals surface area contributed by atoms with Gasteiger partial charge in [-0.2, -0.15) is 0 Å². The Balaban J connectivity index is 1.24. The molecule has 2 aliphatic rings. The van der Waals surface area contributed by atoms with E-state index in [1.54, 1.807) is 0 Å². The van der Waals surface area contributed by atoms with E-state index in [0.29, 0.717) is 17.5 Å². The first-order chi connectivity index (χ1) is 24.8. The van der Waals surface area contributed by atoms with Crippen LogP contribution in [0.3, 0.4) is 0 Å². The third-order valence-corrected chi connectivity index (χ3v) is 14.5. The first-order valence-corrected chi connectivity index (χ1v) is 18.8. The van der Waals surface area contributed by atoms with E-state index in [9.17, 15) is 0 Å². The van der Waals surface area contributed by atoms with Gasteiger partial charge >= 0.3 is 0 Å². The molecule has 1 aliphatic heterocycles. The lowest BCUT2D eigenvalue weighted by atomic mass is 10.0. The van der Waals surface area contributed by atoms with Crippen molar-refractivity contribution in [2.24, 2.45) is 0 Å². The lowest BCUT2D eigenvalue weighted by Gasteiger charge is -2.44. The van der Waals surface area contributed by atoms with E-state index >= 15 is 0 Å². The van der Waals surface area contributed by atoms with E-state index in [-0.39, 0.29) is 6.10 Å². The van der Waals surface area contributed by atoms with Crippen molar-refractivity contribution in [2.45, 2.75) is 6.10 Å². The average molecular weight is 658 g/mol. The highest BCUT2D eigenvalue weighted by atomic mass is 28.3. The van der Waals surface area contributed by atoms with Crippen molar-refractivity contribution >= 4 is 23.6 Å². The highest BCUT2D eigenvalue weighted by Gasteiger charge is 2.51. The minimum absolute atomic E-state index is 0.227. The zero-order chi connectivity index (χ0) is 33.3. The quantitative estimate of drug-likeness (QED) is 0.135. The zero-order valence-electron chi connectivity index (χ0n) is 27.1. The van der Waals surface area contributed by atoms with Crippen molar-refractivity contribution in [2.75, 3.05) is 0 Å². The maximum absolute atomic E-state index is 7.01. The fraction of sp³-hybridized carbons (Fsp3) is 0.0222. The van der Waals surface area contributed by atoms with Crippen LogP contribution in [-0.2, 0) is 0 Å². The molecule has 1 aliphatic carbocycles. The predicted octanol–water partition coefficient (Wildman–Crippen LogP) is 7.96. The van der Waals surface area contributed by atoms with Gasteiger partial charge in [0.2, 0.25) is 0 Å². The maximum Gasteiger partial charge on any atom is 0.184 e. The summed E-state index contributed by atoms with van der Waals surface area (Å²) in [6.07, 6.45) is 6.11. The molecule has 1 aromatic heterocycles. The molecule has 0 radical (unpaired) electrons. The van der Waals surface area contributed by atoms with E-state index in [4.69, 9.17) is 19.7 Å². The van der Waals surface area contributed by atoms with Crippen LogP contribution in [0.25, 0.3) is 45.3 Å². The number of rotatable bonds is 6. The molecule has 9 rings (SSSR count). The number of aromatic nitrogens is 3. The molecule has 50 heavy (non-hydrogen) atoms. The number of fused-ring (bicyclic) bond motifs is 2. The van der Waals surface area contributed by atoms with Crippen LogP contribution in [0.15, 0.2) is 193 Å². The Kier molecular flexibility index (Phi) is 7.47. The average Bonchev–Trinajstić information content (AvgIpc) is 3.21. The van der Waals surface area contributed by atoms with Gasteiger partial charge in [-0.3, -0.25) is 0 Å². The van der Waals surface area contributed by atoms with Gasteiger partial charge in [-0.1, -0.05) is 164 Å². The molecule has 0 amide bonds. The largest absolute Gasteiger partial charge is 0.481 e. The van der Waals surface area contributed by atoms with Gasteiger partial charge in [0.05, 0.1) is 0 Å². The van der Waals surface area contributed by atoms with Crippen molar-refractivity contribution in [1.29, 1.82) is 0 Å². The number of nitrogens with zero attached hydrogens (tertiary/aromatic N) is 3. The normalized spacial score (nSPS) is 15.4. The van der Waals surface area contributed by atoms with Crippen LogP contribution in [-0.4, -0.2) is 29.1 Å². The summed E-state index contributed by atoms with van der Waals surface area (Å²) in [5.41, 5.74) is 8.19. The zero-order valence-corrected chi connectivity index (χ0v) is 28.1. The van der Waals surface area contributed by atoms with Gasteiger partial charge in [0.15, 0.2) is 25.5 Å². The van der Waals surface area contributed by atoms with Crippen molar-refractivity contribution in [3.05, 3.63) is 193 Å². The summed E-state index contributed by atoms with van der Waals surface area (Å²) in [5.74, 6) is 2.81. The number of benzene rings is 6. The van der Waals surface area contributed by atoms with Crippen molar-refractivity contribution < 1.29 is 4.74 Å². The second-order valence-electron chi connectivity index (χ2n) is 12.4. The first-order valence-electron chi connectivity index (χ1n) is 16.8. The van der Waals surface area contributed by atoms with Gasteiger partial charge in [-0.25, -0.2) is 15.0 Å². The maximum atomic E-state index is 7.01. The lowest BCUT2D eigenvalue weighted by molar-refractivity contribution is 0.290. The number of hydrogen-bond donors (Lipinski definition) is 0. The van der Waals surface area contributed by atoms with Gasteiger partial charge < -0.3 is 4.74 Å². The van der Waals surface area contributed by atoms with E-state index in [1.165, 1.54) is 20.8 Å².